The van der Waals surface area contributed by atoms with Crippen molar-refractivity contribution in [1.29, 1.82) is 0 Å². The van der Waals surface area contributed by atoms with Gasteiger partial charge in [-0.05, 0) is 46.5 Å². The van der Waals surface area contributed by atoms with E-state index in [0.29, 0.717) is 0 Å². The highest BCUT2D eigenvalue weighted by atomic mass is 35.5. The third kappa shape index (κ3) is 3.00. The van der Waals surface area contributed by atoms with Crippen LogP contribution in [0, 0.1) is 6.92 Å². The van der Waals surface area contributed by atoms with Gasteiger partial charge in [-0.3, -0.25) is 0 Å². The first-order chi connectivity index (χ1) is 7.72. The fraction of sp³-hybridized carbons (Fsp3) is 0.231. The van der Waals surface area contributed by atoms with Crippen molar-refractivity contribution in [1.82, 2.24) is 0 Å². The molecule has 2 aromatic rings. The van der Waals surface area contributed by atoms with Crippen molar-refractivity contribution in [2.45, 2.75) is 13.0 Å². The van der Waals surface area contributed by atoms with Gasteiger partial charge in [0.2, 0.25) is 0 Å². The lowest BCUT2D eigenvalue weighted by Gasteiger charge is -2.13. The monoisotopic (exact) mass is 269 g/mol. The molecule has 0 aliphatic carbocycles. The highest BCUT2D eigenvalue weighted by molar-refractivity contribution is 7.08. The fourth-order valence-corrected chi connectivity index (χ4v) is 2.44. The molecule has 1 heterocycles. The zero-order chi connectivity index (χ0) is 11.5. The molecule has 0 unspecified atom stereocenters. The quantitative estimate of drug-likeness (QED) is 0.925. The van der Waals surface area contributed by atoms with Crippen LogP contribution in [0.3, 0.4) is 0 Å². The maximum Gasteiger partial charge on any atom is 0.121 e. The summed E-state index contributed by atoms with van der Waals surface area (Å²) in [5.41, 5.74) is 9.59. The van der Waals surface area contributed by atoms with Crippen LogP contribution in [0.1, 0.15) is 22.7 Å². The van der Waals surface area contributed by atoms with E-state index in [0.717, 1.165) is 22.4 Å². The van der Waals surface area contributed by atoms with Gasteiger partial charge in [0.1, 0.15) is 5.75 Å². The fourth-order valence-electron chi connectivity index (χ4n) is 1.74. The van der Waals surface area contributed by atoms with Gasteiger partial charge in [0.15, 0.2) is 0 Å². The average molecular weight is 270 g/mol. The molecule has 0 bridgehead atoms. The van der Waals surface area contributed by atoms with Crippen LogP contribution in [0.5, 0.6) is 5.75 Å². The first-order valence-corrected chi connectivity index (χ1v) is 6.09. The number of halogens is 1. The molecular formula is C13H16ClNOS. The molecule has 0 aliphatic heterocycles. The first kappa shape index (κ1) is 14.0. The van der Waals surface area contributed by atoms with Crippen molar-refractivity contribution in [2.75, 3.05) is 7.11 Å². The van der Waals surface area contributed by atoms with Crippen molar-refractivity contribution in [3.05, 3.63) is 51.7 Å². The largest absolute Gasteiger partial charge is 0.496 e. The van der Waals surface area contributed by atoms with Crippen LogP contribution in [0.15, 0.2) is 35.0 Å². The molecule has 2 rings (SSSR count). The minimum absolute atomic E-state index is 0. The molecule has 2 N–H and O–H groups in total. The summed E-state index contributed by atoms with van der Waals surface area (Å²) in [7, 11) is 1.68. The molecule has 0 saturated carbocycles. The minimum Gasteiger partial charge on any atom is -0.496 e. The molecule has 0 spiro atoms. The first-order valence-electron chi connectivity index (χ1n) is 5.14. The Kier molecular flexibility index (Phi) is 5.00. The topological polar surface area (TPSA) is 35.2 Å². The third-order valence-electron chi connectivity index (χ3n) is 2.68. The summed E-state index contributed by atoms with van der Waals surface area (Å²) in [5.74, 6) is 0.904. The van der Waals surface area contributed by atoms with Crippen LogP contribution in [0.25, 0.3) is 0 Å². The minimum atomic E-state index is -0.0455. The number of nitrogens with two attached hydrogens (primary N) is 1. The number of hydrogen-bond donors (Lipinski definition) is 1. The van der Waals surface area contributed by atoms with Crippen LogP contribution >= 0.6 is 23.7 Å². The number of rotatable bonds is 3. The van der Waals surface area contributed by atoms with E-state index in [9.17, 15) is 0 Å². The molecule has 1 atom stereocenters. The number of thiophene rings is 1. The van der Waals surface area contributed by atoms with Gasteiger partial charge in [-0.25, -0.2) is 0 Å². The maximum atomic E-state index is 6.19. The number of hydrogen-bond acceptors (Lipinski definition) is 3. The number of methoxy groups -OCH3 is 1. The SMILES string of the molecule is COc1ccc([C@@H](N)c2ccsc2)cc1C.Cl. The Bertz CT molecular complexity index is 470. The molecule has 0 saturated heterocycles. The van der Waals surface area contributed by atoms with Gasteiger partial charge in [0.25, 0.3) is 0 Å². The Hall–Kier alpha value is -1.03. The summed E-state index contributed by atoms with van der Waals surface area (Å²) in [4.78, 5) is 0. The highest BCUT2D eigenvalue weighted by Crippen LogP contribution is 2.26. The van der Waals surface area contributed by atoms with Gasteiger partial charge in [-0.15, -0.1) is 12.4 Å². The van der Waals surface area contributed by atoms with Gasteiger partial charge >= 0.3 is 0 Å². The lowest BCUT2D eigenvalue weighted by molar-refractivity contribution is 0.411. The van der Waals surface area contributed by atoms with E-state index < -0.39 is 0 Å². The second-order valence-corrected chi connectivity index (χ2v) is 4.54. The smallest absolute Gasteiger partial charge is 0.121 e. The lowest BCUT2D eigenvalue weighted by Crippen LogP contribution is -2.11. The van der Waals surface area contributed by atoms with E-state index in [1.807, 2.05) is 24.4 Å². The van der Waals surface area contributed by atoms with Crippen LogP contribution in [0.4, 0.5) is 0 Å². The van der Waals surface area contributed by atoms with Crippen LogP contribution < -0.4 is 10.5 Å². The standard InChI is InChI=1S/C13H15NOS.ClH/c1-9-7-10(3-4-12(9)15-2)13(14)11-5-6-16-8-11;/h3-8,13H,14H2,1-2H3;1H/t13-;/m1./s1. The summed E-state index contributed by atoms with van der Waals surface area (Å²) in [6.07, 6.45) is 0. The van der Waals surface area contributed by atoms with Gasteiger partial charge in [0.05, 0.1) is 13.2 Å². The van der Waals surface area contributed by atoms with Crippen molar-refractivity contribution < 1.29 is 4.74 Å². The summed E-state index contributed by atoms with van der Waals surface area (Å²) in [6.45, 7) is 2.03. The second kappa shape index (κ2) is 6.05. The molecule has 0 aliphatic rings. The second-order valence-electron chi connectivity index (χ2n) is 3.76. The van der Waals surface area contributed by atoms with Gasteiger partial charge in [-0.2, -0.15) is 11.3 Å². The molecular weight excluding hydrogens is 254 g/mol. The van der Waals surface area contributed by atoms with Crippen molar-refractivity contribution in [3.8, 4) is 5.75 Å². The Balaban J connectivity index is 0.00000144. The van der Waals surface area contributed by atoms with Crippen LogP contribution in [-0.4, -0.2) is 7.11 Å². The Morgan fingerprint density at radius 1 is 1.24 bits per heavy atom. The summed E-state index contributed by atoms with van der Waals surface area (Å²) < 4.78 is 5.23. The van der Waals surface area contributed by atoms with E-state index in [2.05, 4.69) is 17.5 Å². The van der Waals surface area contributed by atoms with Crippen LogP contribution in [0.2, 0.25) is 0 Å². The van der Waals surface area contributed by atoms with E-state index in [1.165, 1.54) is 0 Å². The maximum absolute atomic E-state index is 6.19. The number of aryl methyl sites for hydroxylation is 1. The Morgan fingerprint density at radius 3 is 2.53 bits per heavy atom. The number of ether oxygens (including phenoxy) is 1. The number of benzene rings is 1. The molecule has 92 valence electrons. The lowest BCUT2D eigenvalue weighted by atomic mass is 10.0. The molecule has 4 heteroatoms. The van der Waals surface area contributed by atoms with E-state index >= 15 is 0 Å². The molecule has 0 amide bonds. The van der Waals surface area contributed by atoms with Crippen molar-refractivity contribution in [3.63, 3.8) is 0 Å². The summed E-state index contributed by atoms with van der Waals surface area (Å²) in [6, 6.07) is 8.09. The molecule has 0 fully saturated rings. The van der Waals surface area contributed by atoms with Gasteiger partial charge < -0.3 is 10.5 Å². The third-order valence-corrected chi connectivity index (χ3v) is 3.38. The zero-order valence-corrected chi connectivity index (χ0v) is 11.5. The van der Waals surface area contributed by atoms with Gasteiger partial charge in [0, 0.05) is 0 Å². The average Bonchev–Trinajstić information content (AvgIpc) is 2.81. The van der Waals surface area contributed by atoms with Gasteiger partial charge in [-0.1, -0.05) is 12.1 Å². The predicted molar refractivity (Wildman–Crippen MR) is 75.3 cm³/mol. The van der Waals surface area contributed by atoms with Crippen molar-refractivity contribution in [2.24, 2.45) is 5.73 Å². The Labute approximate surface area is 112 Å². The predicted octanol–water partition coefficient (Wildman–Crippen LogP) is 3.54. The van der Waals surface area contributed by atoms with E-state index in [1.54, 1.807) is 18.4 Å². The molecule has 1 aromatic heterocycles. The summed E-state index contributed by atoms with van der Waals surface area (Å²) in [5, 5.41) is 4.13. The Morgan fingerprint density at radius 2 is 2.00 bits per heavy atom. The summed E-state index contributed by atoms with van der Waals surface area (Å²) >= 11 is 1.67. The van der Waals surface area contributed by atoms with Crippen LogP contribution in [-0.2, 0) is 0 Å². The van der Waals surface area contributed by atoms with E-state index in [4.69, 9.17) is 10.5 Å². The molecule has 2 nitrogen and oxygen atoms in total. The van der Waals surface area contributed by atoms with E-state index in [-0.39, 0.29) is 18.4 Å². The molecule has 1 aromatic carbocycles. The van der Waals surface area contributed by atoms with Crippen molar-refractivity contribution >= 4 is 23.7 Å². The highest BCUT2D eigenvalue weighted by Gasteiger charge is 2.10. The molecule has 0 radical (unpaired) electrons. The molecule has 17 heavy (non-hydrogen) atoms. The normalized spacial score (nSPS) is 11.7. The zero-order valence-electron chi connectivity index (χ0n) is 9.84.